The van der Waals surface area contributed by atoms with E-state index in [-0.39, 0.29) is 23.5 Å². The van der Waals surface area contributed by atoms with Gasteiger partial charge in [0, 0.05) is 35.4 Å². The lowest BCUT2D eigenvalue weighted by Gasteiger charge is -2.26. The van der Waals surface area contributed by atoms with E-state index in [0.29, 0.717) is 39.2 Å². The van der Waals surface area contributed by atoms with E-state index < -0.39 is 15.9 Å². The van der Waals surface area contributed by atoms with Crippen molar-refractivity contribution >= 4 is 50.1 Å². The van der Waals surface area contributed by atoms with E-state index in [1.807, 2.05) is 22.6 Å². The Morgan fingerprint density at radius 1 is 1.39 bits per heavy atom. The molecule has 1 atom stereocenters. The van der Waals surface area contributed by atoms with Gasteiger partial charge in [-0.25, -0.2) is 18.2 Å². The Kier molecular flexibility index (Phi) is 6.74. The van der Waals surface area contributed by atoms with Gasteiger partial charge < -0.3 is 14.7 Å². The van der Waals surface area contributed by atoms with Gasteiger partial charge in [-0.05, 0) is 60.2 Å². The van der Waals surface area contributed by atoms with Gasteiger partial charge in [-0.15, -0.1) is 0 Å². The molecular formula is C20H22IN3O6S. The summed E-state index contributed by atoms with van der Waals surface area (Å²) >= 11 is 2.05. The number of sulfone groups is 1. The summed E-state index contributed by atoms with van der Waals surface area (Å²) in [6, 6.07) is 6.06. The monoisotopic (exact) mass is 559 g/mol. The van der Waals surface area contributed by atoms with Crippen molar-refractivity contribution in [3.05, 3.63) is 39.6 Å². The molecule has 0 spiro atoms. The molecule has 0 aliphatic carbocycles. The molecule has 166 valence electrons. The van der Waals surface area contributed by atoms with Crippen LogP contribution in [0.1, 0.15) is 31.4 Å². The Morgan fingerprint density at radius 3 is 2.58 bits per heavy atom. The van der Waals surface area contributed by atoms with E-state index in [2.05, 4.69) is 4.98 Å². The van der Waals surface area contributed by atoms with Crippen molar-refractivity contribution in [2.24, 2.45) is 0 Å². The summed E-state index contributed by atoms with van der Waals surface area (Å²) in [5.74, 6) is 0.783. The summed E-state index contributed by atoms with van der Waals surface area (Å²) in [7, 11) is -1.73. The van der Waals surface area contributed by atoms with Gasteiger partial charge in [0.25, 0.3) is 0 Å². The quantitative estimate of drug-likeness (QED) is 0.537. The van der Waals surface area contributed by atoms with Gasteiger partial charge in [0.15, 0.2) is 14.9 Å². The Morgan fingerprint density at radius 2 is 2.10 bits per heavy atom. The highest BCUT2D eigenvalue weighted by Gasteiger charge is 2.32. The van der Waals surface area contributed by atoms with Crippen LogP contribution in [0.15, 0.2) is 35.5 Å². The van der Waals surface area contributed by atoms with Crippen LogP contribution in [-0.2, 0) is 14.6 Å². The van der Waals surface area contributed by atoms with Crippen molar-refractivity contribution in [1.29, 1.82) is 0 Å². The lowest BCUT2D eigenvalue weighted by molar-refractivity contribution is -0.127. The number of benzene rings is 1. The highest BCUT2D eigenvalue weighted by Crippen LogP contribution is 2.42. The average molecular weight is 559 g/mol. The third-order valence-electron chi connectivity index (χ3n) is 5.09. The third-order valence-corrected chi connectivity index (χ3v) is 6.95. The number of hydrogen-bond donors (Lipinski definition) is 1. The molecule has 1 unspecified atom stereocenters. The molecule has 0 saturated carbocycles. The molecule has 1 aliphatic heterocycles. The second-order valence-corrected chi connectivity index (χ2v) is 10.3. The predicted molar refractivity (Wildman–Crippen MR) is 122 cm³/mol. The molecule has 1 saturated heterocycles. The van der Waals surface area contributed by atoms with Crippen LogP contribution in [0.5, 0.6) is 11.5 Å². The van der Waals surface area contributed by atoms with Gasteiger partial charge in [-0.1, -0.05) is 0 Å². The molecule has 1 fully saturated rings. The molecule has 9 nitrogen and oxygen atoms in total. The number of ether oxygens (including phenoxy) is 1. The normalized spacial score (nSPS) is 16.5. The molecule has 1 aliphatic rings. The zero-order valence-electron chi connectivity index (χ0n) is 17.2. The first-order valence-corrected chi connectivity index (χ1v) is 12.4. The van der Waals surface area contributed by atoms with E-state index in [0.717, 1.165) is 6.26 Å². The first-order chi connectivity index (χ1) is 14.5. The number of nitrogens with zero attached hydrogens (tertiary/aromatic N) is 3. The molecule has 1 aromatic carbocycles. The summed E-state index contributed by atoms with van der Waals surface area (Å²) < 4.78 is 29.9. The third kappa shape index (κ3) is 4.92. The molecule has 3 rings (SSSR count). The topological polar surface area (TPSA) is 117 Å². The zero-order chi connectivity index (χ0) is 22.9. The van der Waals surface area contributed by atoms with E-state index in [4.69, 9.17) is 4.74 Å². The van der Waals surface area contributed by atoms with Crippen molar-refractivity contribution in [3.63, 3.8) is 0 Å². The Balaban J connectivity index is 2.07. The fourth-order valence-electron chi connectivity index (χ4n) is 3.47. The number of carboxylic acid groups (broad SMARTS) is 1. The van der Waals surface area contributed by atoms with Crippen LogP contribution in [0.4, 0.5) is 10.5 Å². The number of hydrogen-bond acceptors (Lipinski definition) is 6. The van der Waals surface area contributed by atoms with Crippen molar-refractivity contribution in [1.82, 2.24) is 9.88 Å². The van der Waals surface area contributed by atoms with Crippen LogP contribution >= 0.6 is 22.6 Å². The van der Waals surface area contributed by atoms with Gasteiger partial charge in [0.2, 0.25) is 5.91 Å². The molecule has 1 aromatic heterocycles. The van der Waals surface area contributed by atoms with Crippen molar-refractivity contribution in [2.45, 2.75) is 30.8 Å². The van der Waals surface area contributed by atoms with Crippen LogP contribution in [0.3, 0.4) is 0 Å². The lowest BCUT2D eigenvalue weighted by atomic mass is 10.0. The minimum atomic E-state index is -3.43. The molecule has 31 heavy (non-hydrogen) atoms. The van der Waals surface area contributed by atoms with Crippen LogP contribution in [0.25, 0.3) is 0 Å². The number of rotatable bonds is 6. The van der Waals surface area contributed by atoms with Crippen LogP contribution in [0, 0.1) is 3.57 Å². The summed E-state index contributed by atoms with van der Waals surface area (Å²) in [5, 5.41) is 9.50. The summed E-state index contributed by atoms with van der Waals surface area (Å²) in [4.78, 5) is 30.6. The fraction of sp³-hybridized carbons (Fsp3) is 0.350. The van der Waals surface area contributed by atoms with Gasteiger partial charge >= 0.3 is 6.09 Å². The number of halogens is 1. The number of likely N-dealkylation sites (tertiary alicyclic amines) is 1. The first-order valence-electron chi connectivity index (χ1n) is 9.46. The second kappa shape index (κ2) is 8.99. The summed E-state index contributed by atoms with van der Waals surface area (Å²) in [6.45, 7) is 2.01. The van der Waals surface area contributed by atoms with E-state index >= 15 is 0 Å². The average Bonchev–Trinajstić information content (AvgIpc) is 3.02. The van der Waals surface area contributed by atoms with Gasteiger partial charge in [0.1, 0.15) is 11.5 Å². The number of carbonyl (C=O) groups is 2. The lowest BCUT2D eigenvalue weighted by Crippen LogP contribution is -2.30. The molecule has 2 amide bonds. The number of anilines is 1. The largest absolute Gasteiger partial charge is 0.465 e. The molecule has 11 heteroatoms. The maximum absolute atomic E-state index is 12.1. The highest BCUT2D eigenvalue weighted by atomic mass is 127. The SMILES string of the molecule is CCN(C(=O)O)c1cc(C2CCC(=O)N2C)c(Oc2ccc(S(C)(=O)=O)nc2)cc1I. The number of amides is 2. The zero-order valence-corrected chi connectivity index (χ0v) is 20.2. The number of pyridine rings is 1. The van der Waals surface area contributed by atoms with E-state index in [9.17, 15) is 23.1 Å². The molecular weight excluding hydrogens is 537 g/mol. The Bertz CT molecular complexity index is 1120. The molecule has 0 bridgehead atoms. The molecule has 2 aromatic rings. The van der Waals surface area contributed by atoms with Crippen LogP contribution < -0.4 is 9.64 Å². The summed E-state index contributed by atoms with van der Waals surface area (Å²) in [6.07, 6.45) is 2.29. The maximum atomic E-state index is 12.1. The van der Waals surface area contributed by atoms with E-state index in [1.165, 1.54) is 23.2 Å². The van der Waals surface area contributed by atoms with Crippen LogP contribution in [-0.4, -0.2) is 55.3 Å². The van der Waals surface area contributed by atoms with Crippen molar-refractivity contribution in [3.8, 4) is 11.5 Å². The first kappa shape index (κ1) is 23.3. The molecule has 2 heterocycles. The Labute approximate surface area is 194 Å². The maximum Gasteiger partial charge on any atom is 0.411 e. The minimum Gasteiger partial charge on any atom is -0.465 e. The highest BCUT2D eigenvalue weighted by molar-refractivity contribution is 14.1. The Hall–Kier alpha value is -2.41. The van der Waals surface area contributed by atoms with Crippen molar-refractivity contribution in [2.75, 3.05) is 24.7 Å². The van der Waals surface area contributed by atoms with Gasteiger partial charge in [-0.3, -0.25) is 9.69 Å². The smallest absolute Gasteiger partial charge is 0.411 e. The van der Waals surface area contributed by atoms with Gasteiger partial charge in [0.05, 0.1) is 17.9 Å². The number of carbonyl (C=O) groups excluding carboxylic acids is 1. The summed E-state index contributed by atoms with van der Waals surface area (Å²) in [5.41, 5.74) is 1.19. The minimum absolute atomic E-state index is 0.000745. The number of aromatic nitrogens is 1. The van der Waals surface area contributed by atoms with Gasteiger partial charge in [-0.2, -0.15) is 0 Å². The standard InChI is InChI=1S/C20H22IN3O6S/c1-4-24(20(26)27)16-9-13(15-6-8-19(25)23(15)2)17(10-14(16)21)30-12-5-7-18(22-11-12)31(3,28)29/h5,7,9-11,15H,4,6,8H2,1-3H3,(H,26,27). The van der Waals surface area contributed by atoms with E-state index in [1.54, 1.807) is 31.0 Å². The molecule has 1 N–H and O–H groups in total. The predicted octanol–water partition coefficient (Wildman–Crippen LogP) is 3.68. The second-order valence-electron chi connectivity index (χ2n) is 7.13. The van der Waals surface area contributed by atoms with Crippen molar-refractivity contribution < 1.29 is 27.9 Å². The molecule has 0 radical (unpaired) electrons. The fourth-order valence-corrected chi connectivity index (χ4v) is 4.75. The van der Waals surface area contributed by atoms with Crippen LogP contribution in [0.2, 0.25) is 0 Å².